The van der Waals surface area contributed by atoms with Gasteiger partial charge in [0.05, 0.1) is 23.6 Å². The first-order valence-electron chi connectivity index (χ1n) is 6.46. The quantitative estimate of drug-likeness (QED) is 0.897. The van der Waals surface area contributed by atoms with Crippen molar-refractivity contribution in [3.05, 3.63) is 59.4 Å². The molecule has 19 heavy (non-hydrogen) atoms. The Bertz CT molecular complexity index is 525. The minimum absolute atomic E-state index is 0.0185. The molecule has 1 aromatic heterocycles. The summed E-state index contributed by atoms with van der Waals surface area (Å²) in [5.74, 6) is -0.175. The van der Waals surface area contributed by atoms with Gasteiger partial charge in [0.15, 0.2) is 0 Å². The highest BCUT2D eigenvalue weighted by molar-refractivity contribution is 5.20. The highest BCUT2D eigenvalue weighted by atomic mass is 19.1. The van der Waals surface area contributed by atoms with Gasteiger partial charge in [-0.2, -0.15) is 0 Å². The van der Waals surface area contributed by atoms with Crippen LogP contribution in [0.25, 0.3) is 0 Å². The van der Waals surface area contributed by atoms with Gasteiger partial charge in [0.1, 0.15) is 5.82 Å². The van der Waals surface area contributed by atoms with Crippen LogP contribution in [0.4, 0.5) is 4.39 Å². The molecule has 2 rings (SSSR count). The van der Waals surface area contributed by atoms with Crippen LogP contribution in [-0.2, 0) is 6.42 Å². The number of nitrogens with one attached hydrogen (secondary N) is 1. The van der Waals surface area contributed by atoms with E-state index in [2.05, 4.69) is 15.3 Å². The van der Waals surface area contributed by atoms with Crippen LogP contribution >= 0.6 is 0 Å². The zero-order valence-electron chi connectivity index (χ0n) is 11.2. The molecule has 0 aliphatic rings. The lowest BCUT2D eigenvalue weighted by Gasteiger charge is -2.17. The molecule has 0 fully saturated rings. The van der Waals surface area contributed by atoms with Gasteiger partial charge >= 0.3 is 0 Å². The summed E-state index contributed by atoms with van der Waals surface area (Å²) in [6, 6.07) is 6.82. The summed E-state index contributed by atoms with van der Waals surface area (Å²) in [5.41, 5.74) is 2.41. The van der Waals surface area contributed by atoms with Gasteiger partial charge in [0, 0.05) is 6.20 Å². The van der Waals surface area contributed by atoms with Crippen molar-refractivity contribution in [2.24, 2.45) is 0 Å². The van der Waals surface area contributed by atoms with Crippen LogP contribution in [0, 0.1) is 12.7 Å². The van der Waals surface area contributed by atoms with Crippen LogP contribution in [-0.4, -0.2) is 16.5 Å². The predicted molar refractivity (Wildman–Crippen MR) is 73.3 cm³/mol. The third kappa shape index (κ3) is 3.58. The van der Waals surface area contributed by atoms with Crippen molar-refractivity contribution in [3.8, 4) is 0 Å². The number of benzene rings is 1. The van der Waals surface area contributed by atoms with E-state index in [1.54, 1.807) is 24.5 Å². The molecule has 100 valence electrons. The molecule has 1 N–H and O–H groups in total. The largest absolute Gasteiger partial charge is 0.309 e. The molecule has 0 spiro atoms. The zero-order valence-corrected chi connectivity index (χ0v) is 11.2. The Morgan fingerprint density at radius 1 is 1.21 bits per heavy atom. The summed E-state index contributed by atoms with van der Waals surface area (Å²) in [5, 5.41) is 3.32. The predicted octanol–water partition coefficient (Wildman–Crippen LogP) is 2.82. The van der Waals surface area contributed by atoms with Gasteiger partial charge in [-0.15, -0.1) is 0 Å². The SMILES string of the molecule is CCNC(Cc1ccccc1F)c1cnc(C)cn1. The standard InChI is InChI=1S/C15H18FN3/c1-3-17-14(15-10-18-11(2)9-19-15)8-12-6-4-5-7-13(12)16/h4-7,9-10,14,17H,3,8H2,1-2H3. The molecule has 1 aromatic carbocycles. The van der Waals surface area contributed by atoms with Crippen molar-refractivity contribution < 1.29 is 4.39 Å². The first-order valence-corrected chi connectivity index (χ1v) is 6.46. The molecule has 0 bridgehead atoms. The molecule has 1 heterocycles. The van der Waals surface area contributed by atoms with E-state index in [0.29, 0.717) is 12.0 Å². The summed E-state index contributed by atoms with van der Waals surface area (Å²) in [7, 11) is 0. The average Bonchev–Trinajstić information content (AvgIpc) is 2.42. The highest BCUT2D eigenvalue weighted by Crippen LogP contribution is 2.18. The number of aromatic nitrogens is 2. The van der Waals surface area contributed by atoms with E-state index in [1.807, 2.05) is 19.9 Å². The van der Waals surface area contributed by atoms with Crippen molar-refractivity contribution in [2.75, 3.05) is 6.54 Å². The Hall–Kier alpha value is -1.81. The molecule has 0 saturated heterocycles. The van der Waals surface area contributed by atoms with Crippen LogP contribution in [0.5, 0.6) is 0 Å². The molecule has 0 aliphatic heterocycles. The fraction of sp³-hybridized carbons (Fsp3) is 0.333. The summed E-state index contributed by atoms with van der Waals surface area (Å²) in [4.78, 5) is 8.63. The molecule has 4 heteroatoms. The maximum absolute atomic E-state index is 13.7. The second-order valence-corrected chi connectivity index (χ2v) is 4.49. The van der Waals surface area contributed by atoms with E-state index in [1.165, 1.54) is 6.07 Å². The molecule has 1 unspecified atom stereocenters. The van der Waals surface area contributed by atoms with E-state index in [0.717, 1.165) is 17.9 Å². The molecular formula is C15H18FN3. The van der Waals surface area contributed by atoms with E-state index >= 15 is 0 Å². The lowest BCUT2D eigenvalue weighted by molar-refractivity contribution is 0.516. The van der Waals surface area contributed by atoms with Gasteiger partial charge < -0.3 is 5.32 Å². The Kier molecular flexibility index (Phi) is 4.58. The van der Waals surface area contributed by atoms with Crippen molar-refractivity contribution in [1.29, 1.82) is 0 Å². The number of hydrogen-bond donors (Lipinski definition) is 1. The Labute approximate surface area is 112 Å². The number of halogens is 1. The van der Waals surface area contributed by atoms with Crippen LogP contribution < -0.4 is 5.32 Å². The monoisotopic (exact) mass is 259 g/mol. The molecular weight excluding hydrogens is 241 g/mol. The lowest BCUT2D eigenvalue weighted by atomic mass is 10.0. The third-order valence-corrected chi connectivity index (χ3v) is 2.99. The summed E-state index contributed by atoms with van der Waals surface area (Å²) in [6.07, 6.45) is 4.06. The first kappa shape index (κ1) is 13.6. The highest BCUT2D eigenvalue weighted by Gasteiger charge is 2.14. The Morgan fingerprint density at radius 3 is 2.63 bits per heavy atom. The molecule has 1 atom stereocenters. The van der Waals surface area contributed by atoms with Crippen LogP contribution in [0.15, 0.2) is 36.7 Å². The second kappa shape index (κ2) is 6.38. The van der Waals surface area contributed by atoms with E-state index in [9.17, 15) is 4.39 Å². The minimum Gasteiger partial charge on any atom is -0.309 e. The van der Waals surface area contributed by atoms with Crippen molar-refractivity contribution >= 4 is 0 Å². The summed E-state index contributed by atoms with van der Waals surface area (Å²) >= 11 is 0. The lowest BCUT2D eigenvalue weighted by Crippen LogP contribution is -2.24. The number of hydrogen-bond acceptors (Lipinski definition) is 3. The van der Waals surface area contributed by atoms with Crippen LogP contribution in [0.3, 0.4) is 0 Å². The van der Waals surface area contributed by atoms with Gasteiger partial charge in [-0.3, -0.25) is 9.97 Å². The average molecular weight is 259 g/mol. The van der Waals surface area contributed by atoms with Gasteiger partial charge in [-0.25, -0.2) is 4.39 Å². The Morgan fingerprint density at radius 2 is 2.00 bits per heavy atom. The van der Waals surface area contributed by atoms with Crippen LogP contribution in [0.1, 0.15) is 29.9 Å². The van der Waals surface area contributed by atoms with Gasteiger partial charge in [0.25, 0.3) is 0 Å². The van der Waals surface area contributed by atoms with Crippen LogP contribution in [0.2, 0.25) is 0 Å². The van der Waals surface area contributed by atoms with E-state index in [4.69, 9.17) is 0 Å². The maximum Gasteiger partial charge on any atom is 0.126 e. The van der Waals surface area contributed by atoms with Gasteiger partial charge in [-0.05, 0) is 31.5 Å². The van der Waals surface area contributed by atoms with Crippen molar-refractivity contribution in [1.82, 2.24) is 15.3 Å². The van der Waals surface area contributed by atoms with Crippen molar-refractivity contribution in [3.63, 3.8) is 0 Å². The molecule has 0 aliphatic carbocycles. The number of nitrogens with zero attached hydrogens (tertiary/aromatic N) is 2. The van der Waals surface area contributed by atoms with E-state index < -0.39 is 0 Å². The maximum atomic E-state index is 13.7. The molecule has 0 amide bonds. The van der Waals surface area contributed by atoms with E-state index in [-0.39, 0.29) is 11.9 Å². The molecule has 0 saturated carbocycles. The number of aryl methyl sites for hydroxylation is 1. The zero-order chi connectivity index (χ0) is 13.7. The minimum atomic E-state index is -0.175. The van der Waals surface area contributed by atoms with Crippen molar-refractivity contribution in [2.45, 2.75) is 26.3 Å². The summed E-state index contributed by atoms with van der Waals surface area (Å²) < 4.78 is 13.7. The normalized spacial score (nSPS) is 12.4. The number of likely N-dealkylation sites (N-methyl/N-ethyl adjacent to an activating group) is 1. The smallest absolute Gasteiger partial charge is 0.126 e. The number of rotatable bonds is 5. The Balaban J connectivity index is 2.21. The molecule has 0 radical (unpaired) electrons. The molecule has 2 aromatic rings. The van der Waals surface area contributed by atoms with Gasteiger partial charge in [-0.1, -0.05) is 25.1 Å². The second-order valence-electron chi connectivity index (χ2n) is 4.49. The topological polar surface area (TPSA) is 37.8 Å². The fourth-order valence-corrected chi connectivity index (χ4v) is 1.99. The fourth-order valence-electron chi connectivity index (χ4n) is 1.99. The third-order valence-electron chi connectivity index (χ3n) is 2.99. The summed E-state index contributed by atoms with van der Waals surface area (Å²) in [6.45, 7) is 4.72. The first-order chi connectivity index (χ1) is 9.20. The van der Waals surface area contributed by atoms with Gasteiger partial charge in [0.2, 0.25) is 0 Å². The molecule has 3 nitrogen and oxygen atoms in total.